The predicted octanol–water partition coefficient (Wildman–Crippen LogP) is 4.40. The average Bonchev–Trinajstić information content (AvgIpc) is 2.29. The summed E-state index contributed by atoms with van der Waals surface area (Å²) < 4.78 is 0. The molecule has 0 radical (unpaired) electrons. The molecule has 0 saturated heterocycles. The Labute approximate surface area is 103 Å². The molecular formula is C14H19ClO. The highest BCUT2D eigenvalue weighted by Gasteiger charge is 2.06. The van der Waals surface area contributed by atoms with Gasteiger partial charge < -0.3 is 0 Å². The van der Waals surface area contributed by atoms with E-state index >= 15 is 0 Å². The Hall–Kier alpha value is -0.820. The van der Waals surface area contributed by atoms with Gasteiger partial charge in [0.1, 0.15) is 0 Å². The largest absolute Gasteiger partial charge is 0.294 e. The van der Waals surface area contributed by atoms with Crippen molar-refractivity contribution in [3.05, 3.63) is 35.4 Å². The third kappa shape index (κ3) is 3.97. The SMILES string of the molecule is CC(C)c1ccc(C(=O)CCCCCl)cc1. The Morgan fingerprint density at radius 2 is 1.81 bits per heavy atom. The summed E-state index contributed by atoms with van der Waals surface area (Å²) in [6.07, 6.45) is 2.40. The molecule has 0 aromatic heterocycles. The minimum atomic E-state index is 0.223. The van der Waals surface area contributed by atoms with Crippen LogP contribution in [-0.4, -0.2) is 11.7 Å². The molecule has 16 heavy (non-hydrogen) atoms. The highest BCUT2D eigenvalue weighted by molar-refractivity contribution is 6.17. The minimum Gasteiger partial charge on any atom is -0.294 e. The Morgan fingerprint density at radius 1 is 1.19 bits per heavy atom. The van der Waals surface area contributed by atoms with Gasteiger partial charge in [0.25, 0.3) is 0 Å². The van der Waals surface area contributed by atoms with Crippen molar-refractivity contribution in [1.29, 1.82) is 0 Å². The fourth-order valence-electron chi connectivity index (χ4n) is 1.58. The second-order valence-electron chi connectivity index (χ2n) is 4.35. The van der Waals surface area contributed by atoms with E-state index < -0.39 is 0 Å². The zero-order chi connectivity index (χ0) is 12.0. The van der Waals surface area contributed by atoms with Gasteiger partial charge in [-0.1, -0.05) is 38.1 Å². The number of rotatable bonds is 6. The average molecular weight is 239 g/mol. The van der Waals surface area contributed by atoms with E-state index in [0.29, 0.717) is 18.2 Å². The lowest BCUT2D eigenvalue weighted by Crippen LogP contribution is -1.99. The van der Waals surface area contributed by atoms with Crippen LogP contribution in [0.5, 0.6) is 0 Å². The maximum absolute atomic E-state index is 11.8. The quantitative estimate of drug-likeness (QED) is 0.408. The first-order valence-electron chi connectivity index (χ1n) is 5.84. The maximum Gasteiger partial charge on any atom is 0.162 e. The zero-order valence-electron chi connectivity index (χ0n) is 10.0. The molecule has 2 heteroatoms. The Bertz CT molecular complexity index is 327. The summed E-state index contributed by atoms with van der Waals surface area (Å²) in [6.45, 7) is 4.30. The van der Waals surface area contributed by atoms with Gasteiger partial charge in [0, 0.05) is 17.9 Å². The van der Waals surface area contributed by atoms with Crippen LogP contribution < -0.4 is 0 Å². The van der Waals surface area contributed by atoms with Crippen molar-refractivity contribution >= 4 is 17.4 Å². The number of halogens is 1. The van der Waals surface area contributed by atoms with Crippen LogP contribution in [0, 0.1) is 0 Å². The fraction of sp³-hybridized carbons (Fsp3) is 0.500. The number of ketones is 1. The molecule has 1 rings (SSSR count). The molecule has 1 aromatic rings. The van der Waals surface area contributed by atoms with Gasteiger partial charge in [-0.25, -0.2) is 0 Å². The summed E-state index contributed by atoms with van der Waals surface area (Å²) in [7, 11) is 0. The number of hydrogen-bond acceptors (Lipinski definition) is 1. The zero-order valence-corrected chi connectivity index (χ0v) is 10.8. The van der Waals surface area contributed by atoms with Crippen LogP contribution in [0.2, 0.25) is 0 Å². The van der Waals surface area contributed by atoms with Crippen molar-refractivity contribution in [2.45, 2.75) is 39.0 Å². The molecule has 0 aliphatic heterocycles. The molecule has 1 aromatic carbocycles. The third-order valence-corrected chi connectivity index (χ3v) is 2.95. The number of hydrogen-bond donors (Lipinski definition) is 0. The normalized spacial score (nSPS) is 10.8. The molecule has 0 bridgehead atoms. The molecule has 0 amide bonds. The first kappa shape index (κ1) is 13.2. The molecule has 0 heterocycles. The molecule has 0 aliphatic carbocycles. The van der Waals surface area contributed by atoms with Gasteiger partial charge in [0.15, 0.2) is 5.78 Å². The van der Waals surface area contributed by atoms with Gasteiger partial charge in [-0.15, -0.1) is 11.6 Å². The Kier molecular flexibility index (Phi) is 5.54. The number of benzene rings is 1. The Morgan fingerprint density at radius 3 is 2.31 bits per heavy atom. The van der Waals surface area contributed by atoms with Crippen LogP contribution in [0.1, 0.15) is 54.9 Å². The van der Waals surface area contributed by atoms with E-state index in [1.54, 1.807) is 0 Å². The van der Waals surface area contributed by atoms with Crippen LogP contribution >= 0.6 is 11.6 Å². The molecule has 0 unspecified atom stereocenters. The molecule has 88 valence electrons. The van der Waals surface area contributed by atoms with Gasteiger partial charge in [-0.2, -0.15) is 0 Å². The number of alkyl halides is 1. The van der Waals surface area contributed by atoms with Crippen LogP contribution in [-0.2, 0) is 0 Å². The van der Waals surface area contributed by atoms with E-state index in [1.807, 2.05) is 24.3 Å². The van der Waals surface area contributed by atoms with E-state index in [-0.39, 0.29) is 5.78 Å². The molecule has 0 aliphatic rings. The summed E-state index contributed by atoms with van der Waals surface area (Å²) in [5.41, 5.74) is 2.09. The van der Waals surface area contributed by atoms with E-state index in [1.165, 1.54) is 5.56 Å². The first-order chi connectivity index (χ1) is 7.65. The number of carbonyl (C=O) groups is 1. The summed E-state index contributed by atoms with van der Waals surface area (Å²) in [4.78, 5) is 11.8. The van der Waals surface area contributed by atoms with Gasteiger partial charge in [0.2, 0.25) is 0 Å². The lowest BCUT2D eigenvalue weighted by molar-refractivity contribution is 0.0980. The van der Waals surface area contributed by atoms with Crippen LogP contribution in [0.4, 0.5) is 0 Å². The standard InChI is InChI=1S/C14H19ClO/c1-11(2)12-6-8-13(9-7-12)14(16)5-3-4-10-15/h6-9,11H,3-5,10H2,1-2H3. The number of unbranched alkanes of at least 4 members (excludes halogenated alkanes) is 1. The molecule has 0 N–H and O–H groups in total. The summed E-state index contributed by atoms with van der Waals surface area (Å²) in [5, 5.41) is 0. The lowest BCUT2D eigenvalue weighted by atomic mass is 9.99. The van der Waals surface area contributed by atoms with E-state index in [2.05, 4.69) is 13.8 Å². The minimum absolute atomic E-state index is 0.223. The van der Waals surface area contributed by atoms with E-state index in [4.69, 9.17) is 11.6 Å². The second-order valence-corrected chi connectivity index (χ2v) is 4.72. The molecule has 0 saturated carbocycles. The van der Waals surface area contributed by atoms with Gasteiger partial charge in [-0.05, 0) is 24.3 Å². The van der Waals surface area contributed by atoms with Gasteiger partial charge >= 0.3 is 0 Å². The fourth-order valence-corrected chi connectivity index (χ4v) is 1.77. The summed E-state index contributed by atoms with van der Waals surface area (Å²) in [6, 6.07) is 7.94. The van der Waals surface area contributed by atoms with E-state index in [0.717, 1.165) is 18.4 Å². The van der Waals surface area contributed by atoms with Crippen molar-refractivity contribution in [3.63, 3.8) is 0 Å². The highest BCUT2D eigenvalue weighted by atomic mass is 35.5. The topological polar surface area (TPSA) is 17.1 Å². The van der Waals surface area contributed by atoms with Crippen LogP contribution in [0.3, 0.4) is 0 Å². The van der Waals surface area contributed by atoms with Crippen LogP contribution in [0.15, 0.2) is 24.3 Å². The van der Waals surface area contributed by atoms with Crippen molar-refractivity contribution in [1.82, 2.24) is 0 Å². The molecule has 0 atom stereocenters. The van der Waals surface area contributed by atoms with Crippen molar-refractivity contribution in [3.8, 4) is 0 Å². The molecule has 0 spiro atoms. The number of carbonyl (C=O) groups excluding carboxylic acids is 1. The summed E-state index contributed by atoms with van der Waals surface area (Å²) >= 11 is 5.58. The Balaban J connectivity index is 2.56. The van der Waals surface area contributed by atoms with Gasteiger partial charge in [0.05, 0.1) is 0 Å². The molecule has 1 nitrogen and oxygen atoms in total. The monoisotopic (exact) mass is 238 g/mol. The predicted molar refractivity (Wildman–Crippen MR) is 69.4 cm³/mol. The number of Topliss-reactive ketones (excluding diaryl/α,β-unsaturated/α-hetero) is 1. The van der Waals surface area contributed by atoms with Crippen molar-refractivity contribution < 1.29 is 4.79 Å². The smallest absolute Gasteiger partial charge is 0.162 e. The lowest BCUT2D eigenvalue weighted by Gasteiger charge is -2.06. The van der Waals surface area contributed by atoms with Gasteiger partial charge in [-0.3, -0.25) is 4.79 Å². The van der Waals surface area contributed by atoms with Crippen molar-refractivity contribution in [2.24, 2.45) is 0 Å². The highest BCUT2D eigenvalue weighted by Crippen LogP contribution is 2.16. The molecular weight excluding hydrogens is 220 g/mol. The van der Waals surface area contributed by atoms with Crippen LogP contribution in [0.25, 0.3) is 0 Å². The summed E-state index contributed by atoms with van der Waals surface area (Å²) in [5.74, 6) is 1.38. The second kappa shape index (κ2) is 6.70. The van der Waals surface area contributed by atoms with Crippen molar-refractivity contribution in [2.75, 3.05) is 5.88 Å². The van der Waals surface area contributed by atoms with E-state index in [9.17, 15) is 4.79 Å². The first-order valence-corrected chi connectivity index (χ1v) is 6.37. The molecule has 0 fully saturated rings. The maximum atomic E-state index is 11.8. The third-order valence-electron chi connectivity index (χ3n) is 2.69.